The summed E-state index contributed by atoms with van der Waals surface area (Å²) in [5, 5.41) is 3.34. The quantitative estimate of drug-likeness (QED) is 0.714. The van der Waals surface area contributed by atoms with Gasteiger partial charge in [-0.25, -0.2) is 0 Å². The second-order valence-corrected chi connectivity index (χ2v) is 10.5. The van der Waals surface area contributed by atoms with Crippen molar-refractivity contribution in [2.75, 3.05) is 13.1 Å². The summed E-state index contributed by atoms with van der Waals surface area (Å²) in [4.78, 5) is 31.4. The highest BCUT2D eigenvalue weighted by atomic mass is 16.2. The summed E-state index contributed by atoms with van der Waals surface area (Å²) in [5.74, 6) is 0.521. The molecule has 2 aromatic rings. The summed E-state index contributed by atoms with van der Waals surface area (Å²) in [7, 11) is 0. The summed E-state index contributed by atoms with van der Waals surface area (Å²) in [6, 6.07) is 18.2. The molecule has 2 heterocycles. The average Bonchev–Trinajstić information content (AvgIpc) is 3.25. The SMILES string of the molecule is Cc1cccc(CN2CCC(NC(=O)C3CC4CCCCC4N3C(=O)c3ccccc3)CC2)c1. The Morgan fingerprint density at radius 1 is 0.941 bits per heavy atom. The Balaban J connectivity index is 1.21. The lowest BCUT2D eigenvalue weighted by atomic mass is 9.84. The highest BCUT2D eigenvalue weighted by Gasteiger charge is 2.47. The Hall–Kier alpha value is -2.66. The first-order valence-corrected chi connectivity index (χ1v) is 13.0. The third kappa shape index (κ3) is 5.05. The third-order valence-electron chi connectivity index (χ3n) is 8.07. The largest absolute Gasteiger partial charge is 0.351 e. The third-order valence-corrected chi connectivity index (χ3v) is 8.07. The number of amides is 2. The van der Waals surface area contributed by atoms with Gasteiger partial charge in [0.15, 0.2) is 0 Å². The summed E-state index contributed by atoms with van der Waals surface area (Å²) in [6.07, 6.45) is 7.24. The Labute approximate surface area is 203 Å². The van der Waals surface area contributed by atoms with Crippen LogP contribution in [-0.4, -0.2) is 52.8 Å². The van der Waals surface area contributed by atoms with Crippen molar-refractivity contribution < 1.29 is 9.59 Å². The smallest absolute Gasteiger partial charge is 0.254 e. The fourth-order valence-electron chi connectivity index (χ4n) is 6.32. The molecule has 1 saturated carbocycles. The van der Waals surface area contributed by atoms with Crippen molar-refractivity contribution >= 4 is 11.8 Å². The van der Waals surface area contributed by atoms with Gasteiger partial charge >= 0.3 is 0 Å². The van der Waals surface area contributed by atoms with Gasteiger partial charge < -0.3 is 10.2 Å². The number of rotatable bonds is 5. The van der Waals surface area contributed by atoms with Crippen LogP contribution in [0, 0.1) is 12.8 Å². The van der Waals surface area contributed by atoms with Crippen molar-refractivity contribution in [1.82, 2.24) is 15.1 Å². The lowest BCUT2D eigenvalue weighted by molar-refractivity contribution is -0.126. The second-order valence-electron chi connectivity index (χ2n) is 10.5. The van der Waals surface area contributed by atoms with Crippen LogP contribution in [0.2, 0.25) is 0 Å². The molecule has 5 rings (SSSR count). The van der Waals surface area contributed by atoms with Gasteiger partial charge in [-0.05, 0) is 62.6 Å². The Morgan fingerprint density at radius 2 is 1.71 bits per heavy atom. The average molecular weight is 460 g/mol. The molecule has 5 nitrogen and oxygen atoms in total. The zero-order valence-corrected chi connectivity index (χ0v) is 20.3. The van der Waals surface area contributed by atoms with E-state index in [4.69, 9.17) is 0 Å². The fourth-order valence-corrected chi connectivity index (χ4v) is 6.32. The van der Waals surface area contributed by atoms with Crippen LogP contribution in [0.3, 0.4) is 0 Å². The number of hydrogen-bond donors (Lipinski definition) is 1. The van der Waals surface area contributed by atoms with E-state index >= 15 is 0 Å². The minimum atomic E-state index is -0.342. The molecule has 0 bridgehead atoms. The summed E-state index contributed by atoms with van der Waals surface area (Å²) >= 11 is 0. The molecule has 3 aliphatic rings. The molecular formula is C29H37N3O2. The maximum atomic E-state index is 13.5. The van der Waals surface area contributed by atoms with E-state index in [-0.39, 0.29) is 29.9 Å². The molecular weight excluding hydrogens is 422 g/mol. The molecule has 2 aromatic carbocycles. The van der Waals surface area contributed by atoms with Gasteiger partial charge in [-0.2, -0.15) is 0 Å². The highest BCUT2D eigenvalue weighted by Crippen LogP contribution is 2.40. The number of fused-ring (bicyclic) bond motifs is 1. The van der Waals surface area contributed by atoms with Crippen LogP contribution in [0.5, 0.6) is 0 Å². The van der Waals surface area contributed by atoms with Gasteiger partial charge in [-0.1, -0.05) is 60.9 Å². The number of piperidine rings is 1. The molecule has 34 heavy (non-hydrogen) atoms. The standard InChI is InChI=1S/C29H37N3O2/c1-21-8-7-9-22(18-21)20-31-16-14-25(15-17-31)30-28(33)27-19-24-12-5-6-13-26(24)32(27)29(34)23-10-3-2-4-11-23/h2-4,7-11,18,24-27H,5-6,12-17,19-20H2,1H3,(H,30,33). The molecule has 5 heteroatoms. The first kappa shape index (κ1) is 23.1. The van der Waals surface area contributed by atoms with E-state index in [0.717, 1.165) is 58.2 Å². The maximum Gasteiger partial charge on any atom is 0.254 e. The Bertz CT molecular complexity index is 999. The number of aryl methyl sites for hydroxylation is 1. The molecule has 0 aromatic heterocycles. The number of carbonyl (C=O) groups excluding carboxylic acids is 2. The lowest BCUT2D eigenvalue weighted by Gasteiger charge is -2.35. The van der Waals surface area contributed by atoms with E-state index in [9.17, 15) is 9.59 Å². The predicted octanol–water partition coefficient (Wildman–Crippen LogP) is 4.55. The highest BCUT2D eigenvalue weighted by molar-refractivity contribution is 5.98. The maximum absolute atomic E-state index is 13.5. The van der Waals surface area contributed by atoms with Crippen LogP contribution >= 0.6 is 0 Å². The van der Waals surface area contributed by atoms with Crippen molar-refractivity contribution in [2.24, 2.45) is 5.92 Å². The van der Waals surface area contributed by atoms with Crippen molar-refractivity contribution in [3.63, 3.8) is 0 Å². The molecule has 0 spiro atoms. The number of nitrogens with one attached hydrogen (secondary N) is 1. The van der Waals surface area contributed by atoms with Crippen LogP contribution in [-0.2, 0) is 11.3 Å². The number of likely N-dealkylation sites (tertiary alicyclic amines) is 2. The van der Waals surface area contributed by atoms with E-state index in [1.165, 1.54) is 17.5 Å². The van der Waals surface area contributed by atoms with Crippen LogP contribution in [0.1, 0.15) is 66.4 Å². The monoisotopic (exact) mass is 459 g/mol. The van der Waals surface area contributed by atoms with E-state index in [1.54, 1.807) is 0 Å². The van der Waals surface area contributed by atoms with E-state index < -0.39 is 0 Å². The molecule has 0 radical (unpaired) electrons. The van der Waals surface area contributed by atoms with E-state index in [1.807, 2.05) is 35.2 Å². The van der Waals surface area contributed by atoms with Gasteiger partial charge in [-0.15, -0.1) is 0 Å². The first-order chi connectivity index (χ1) is 16.6. The number of carbonyl (C=O) groups is 2. The molecule has 1 N–H and O–H groups in total. The minimum absolute atomic E-state index is 0.0168. The second kappa shape index (κ2) is 10.3. The number of benzene rings is 2. The van der Waals surface area contributed by atoms with Crippen LogP contribution in [0.4, 0.5) is 0 Å². The summed E-state index contributed by atoms with van der Waals surface area (Å²) in [6.45, 7) is 5.08. The van der Waals surface area contributed by atoms with Gasteiger partial charge in [0.25, 0.3) is 5.91 Å². The molecule has 3 unspecified atom stereocenters. The zero-order chi connectivity index (χ0) is 23.5. The van der Waals surface area contributed by atoms with Crippen molar-refractivity contribution in [3.8, 4) is 0 Å². The molecule has 1 aliphatic carbocycles. The Morgan fingerprint density at radius 3 is 2.47 bits per heavy atom. The molecule has 2 saturated heterocycles. The van der Waals surface area contributed by atoms with Gasteiger partial charge in [0.2, 0.25) is 5.91 Å². The van der Waals surface area contributed by atoms with Gasteiger partial charge in [0.1, 0.15) is 6.04 Å². The Kier molecular flexibility index (Phi) is 7.00. The molecule has 2 aliphatic heterocycles. The molecule has 3 atom stereocenters. The van der Waals surface area contributed by atoms with E-state index in [0.29, 0.717) is 11.5 Å². The summed E-state index contributed by atoms with van der Waals surface area (Å²) < 4.78 is 0. The first-order valence-electron chi connectivity index (χ1n) is 13.0. The van der Waals surface area contributed by atoms with Gasteiger partial charge in [0, 0.05) is 37.3 Å². The van der Waals surface area contributed by atoms with Gasteiger partial charge in [0.05, 0.1) is 0 Å². The lowest BCUT2D eigenvalue weighted by Crippen LogP contribution is -2.53. The molecule has 180 valence electrons. The fraction of sp³-hybridized carbons (Fsp3) is 0.517. The normalized spacial score (nSPS) is 25.7. The summed E-state index contributed by atoms with van der Waals surface area (Å²) in [5.41, 5.74) is 3.34. The van der Waals surface area contributed by atoms with Crippen molar-refractivity contribution in [2.45, 2.75) is 76.5 Å². The predicted molar refractivity (Wildman–Crippen MR) is 134 cm³/mol. The molecule has 2 amide bonds. The van der Waals surface area contributed by atoms with E-state index in [2.05, 4.69) is 41.4 Å². The van der Waals surface area contributed by atoms with Crippen LogP contribution in [0.25, 0.3) is 0 Å². The van der Waals surface area contributed by atoms with Crippen molar-refractivity contribution in [1.29, 1.82) is 0 Å². The zero-order valence-electron chi connectivity index (χ0n) is 20.3. The topological polar surface area (TPSA) is 52.7 Å². The van der Waals surface area contributed by atoms with Crippen LogP contribution < -0.4 is 5.32 Å². The minimum Gasteiger partial charge on any atom is -0.351 e. The number of nitrogens with zero attached hydrogens (tertiary/aromatic N) is 2. The van der Waals surface area contributed by atoms with Gasteiger partial charge in [-0.3, -0.25) is 14.5 Å². The van der Waals surface area contributed by atoms with Crippen molar-refractivity contribution in [3.05, 3.63) is 71.3 Å². The molecule has 3 fully saturated rings. The number of hydrogen-bond acceptors (Lipinski definition) is 3. The van der Waals surface area contributed by atoms with Crippen LogP contribution in [0.15, 0.2) is 54.6 Å².